The van der Waals surface area contributed by atoms with Crippen LogP contribution in [0.1, 0.15) is 0 Å². The maximum absolute atomic E-state index is 10.6. The molecule has 1 heterocycles. The number of hydrogen-bond acceptors (Lipinski definition) is 5. The molecule has 1 atom stereocenters. The van der Waals surface area contributed by atoms with Gasteiger partial charge >= 0.3 is 6.09 Å². The molecule has 0 aromatic heterocycles. The average Bonchev–Trinajstić information content (AvgIpc) is 2.26. The van der Waals surface area contributed by atoms with Gasteiger partial charge in [0, 0.05) is 0 Å². The van der Waals surface area contributed by atoms with Crippen LogP contribution in [-0.2, 0) is 14.3 Å². The average molecular weight is 156 g/mol. The van der Waals surface area contributed by atoms with E-state index in [4.69, 9.17) is 5.26 Å². The van der Waals surface area contributed by atoms with Gasteiger partial charge in [-0.1, -0.05) is 0 Å². The van der Waals surface area contributed by atoms with Crippen LogP contribution in [0.3, 0.4) is 0 Å². The lowest BCUT2D eigenvalue weighted by molar-refractivity contribution is -0.144. The zero-order valence-corrected chi connectivity index (χ0v) is 5.36. The van der Waals surface area contributed by atoms with E-state index in [9.17, 15) is 9.59 Å². The quantitative estimate of drug-likeness (QED) is 0.560. The number of cyclic esters (lactones) is 1. The molecular weight excluding hydrogens is 152 g/mol. The first kappa shape index (κ1) is 7.50. The first-order chi connectivity index (χ1) is 5.24. The zero-order valence-electron chi connectivity index (χ0n) is 5.36. The molecule has 0 aliphatic carbocycles. The Hall–Kier alpha value is -1.61. The molecule has 1 aliphatic rings. The second-order valence-electron chi connectivity index (χ2n) is 1.70. The Morgan fingerprint density at radius 3 is 2.91 bits per heavy atom. The summed E-state index contributed by atoms with van der Waals surface area (Å²) in [5, 5.41) is 9.87. The molecule has 1 unspecified atom stereocenters. The van der Waals surface area contributed by atoms with Crippen molar-refractivity contribution in [2.75, 3.05) is 6.61 Å². The maximum atomic E-state index is 10.6. The Kier molecular flexibility index (Phi) is 2.03. The standard InChI is InChI=1S/C5H4N2O4/c6-1-2-10-4-3(8)7-5(9)11-4/h4H,2H2,(H,7,8,9). The van der Waals surface area contributed by atoms with Crippen LogP contribution in [0, 0.1) is 11.3 Å². The number of amides is 2. The number of hydrogen-bond donors (Lipinski definition) is 1. The minimum atomic E-state index is -1.26. The summed E-state index contributed by atoms with van der Waals surface area (Å²) in [4.78, 5) is 20.9. The molecule has 6 nitrogen and oxygen atoms in total. The van der Waals surface area contributed by atoms with E-state index in [1.807, 2.05) is 5.32 Å². The fourth-order valence-electron chi connectivity index (χ4n) is 0.562. The third kappa shape index (κ3) is 1.65. The first-order valence-corrected chi connectivity index (χ1v) is 2.74. The van der Waals surface area contributed by atoms with Gasteiger partial charge in [0.05, 0.1) is 6.07 Å². The Labute approximate surface area is 61.7 Å². The number of alkyl carbamates (subject to hydrolysis) is 1. The van der Waals surface area contributed by atoms with Crippen LogP contribution in [0.2, 0.25) is 0 Å². The van der Waals surface area contributed by atoms with Gasteiger partial charge in [0.25, 0.3) is 12.2 Å². The lowest BCUT2D eigenvalue weighted by atomic mass is 10.6. The maximum Gasteiger partial charge on any atom is 0.416 e. The van der Waals surface area contributed by atoms with Crippen LogP contribution in [-0.4, -0.2) is 24.9 Å². The fraction of sp³-hybridized carbons (Fsp3) is 0.400. The predicted molar refractivity (Wildman–Crippen MR) is 30.0 cm³/mol. The second-order valence-corrected chi connectivity index (χ2v) is 1.70. The number of nitriles is 1. The Balaban J connectivity index is 2.42. The summed E-state index contributed by atoms with van der Waals surface area (Å²) in [7, 11) is 0. The van der Waals surface area contributed by atoms with Crippen LogP contribution in [0.25, 0.3) is 0 Å². The molecule has 2 amide bonds. The van der Waals surface area contributed by atoms with E-state index in [0.717, 1.165) is 0 Å². The molecule has 0 spiro atoms. The second kappa shape index (κ2) is 2.98. The molecule has 0 bridgehead atoms. The molecule has 0 aromatic rings. The predicted octanol–water partition coefficient (Wildman–Crippen LogP) is -0.881. The highest BCUT2D eigenvalue weighted by Crippen LogP contribution is 2.02. The number of ether oxygens (including phenoxy) is 2. The summed E-state index contributed by atoms with van der Waals surface area (Å²) in [5.74, 6) is -0.676. The van der Waals surface area contributed by atoms with Crippen molar-refractivity contribution in [3.8, 4) is 6.07 Å². The van der Waals surface area contributed by atoms with E-state index in [1.165, 1.54) is 0 Å². The highest BCUT2D eigenvalue weighted by Gasteiger charge is 2.32. The van der Waals surface area contributed by atoms with Crippen molar-refractivity contribution in [1.82, 2.24) is 5.32 Å². The lowest BCUT2D eigenvalue weighted by Crippen LogP contribution is -2.26. The van der Waals surface area contributed by atoms with Crippen molar-refractivity contribution in [2.45, 2.75) is 6.29 Å². The SMILES string of the molecule is N#CCOC1OC(=O)NC1=O. The van der Waals surface area contributed by atoms with E-state index in [-0.39, 0.29) is 6.61 Å². The third-order valence-electron chi connectivity index (χ3n) is 0.953. The van der Waals surface area contributed by atoms with Gasteiger partial charge in [-0.3, -0.25) is 10.1 Å². The van der Waals surface area contributed by atoms with E-state index < -0.39 is 18.3 Å². The van der Waals surface area contributed by atoms with E-state index in [2.05, 4.69) is 9.47 Å². The highest BCUT2D eigenvalue weighted by atomic mass is 16.7. The summed E-state index contributed by atoms with van der Waals surface area (Å²) >= 11 is 0. The molecular formula is C5H4N2O4. The van der Waals surface area contributed by atoms with E-state index in [1.54, 1.807) is 6.07 Å². The van der Waals surface area contributed by atoms with Crippen LogP contribution in [0.15, 0.2) is 0 Å². The van der Waals surface area contributed by atoms with Crippen molar-refractivity contribution < 1.29 is 19.1 Å². The summed E-state index contributed by atoms with van der Waals surface area (Å²) in [5.41, 5.74) is 0. The van der Waals surface area contributed by atoms with Crippen molar-refractivity contribution in [3.05, 3.63) is 0 Å². The van der Waals surface area contributed by atoms with Crippen molar-refractivity contribution >= 4 is 12.0 Å². The van der Waals surface area contributed by atoms with Crippen LogP contribution >= 0.6 is 0 Å². The molecule has 1 rings (SSSR count). The van der Waals surface area contributed by atoms with Crippen LogP contribution < -0.4 is 5.32 Å². The zero-order chi connectivity index (χ0) is 8.27. The third-order valence-corrected chi connectivity index (χ3v) is 0.953. The molecule has 0 aromatic carbocycles. The van der Waals surface area contributed by atoms with Gasteiger partial charge in [-0.15, -0.1) is 0 Å². The number of carbonyl (C=O) groups is 2. The molecule has 1 aliphatic heterocycles. The Morgan fingerprint density at radius 1 is 1.73 bits per heavy atom. The molecule has 11 heavy (non-hydrogen) atoms. The van der Waals surface area contributed by atoms with Gasteiger partial charge in [0.1, 0.15) is 6.61 Å². The molecule has 58 valence electrons. The van der Waals surface area contributed by atoms with Gasteiger partial charge in [-0.2, -0.15) is 5.26 Å². The molecule has 1 N–H and O–H groups in total. The largest absolute Gasteiger partial charge is 0.416 e. The highest BCUT2D eigenvalue weighted by molar-refractivity contribution is 5.99. The number of nitrogens with one attached hydrogen (secondary N) is 1. The number of rotatable bonds is 2. The minimum absolute atomic E-state index is 0.286. The van der Waals surface area contributed by atoms with Gasteiger partial charge < -0.3 is 9.47 Å². The molecule has 1 fully saturated rings. The summed E-state index contributed by atoms with van der Waals surface area (Å²) in [6.45, 7) is -0.286. The van der Waals surface area contributed by atoms with Crippen molar-refractivity contribution in [1.29, 1.82) is 5.26 Å². The topological polar surface area (TPSA) is 88.4 Å². The number of carbonyl (C=O) groups excluding carboxylic acids is 2. The molecule has 6 heteroatoms. The van der Waals surface area contributed by atoms with Crippen LogP contribution in [0.4, 0.5) is 4.79 Å². The van der Waals surface area contributed by atoms with Crippen molar-refractivity contribution in [2.24, 2.45) is 0 Å². The monoisotopic (exact) mass is 156 g/mol. The number of nitrogens with zero attached hydrogens (tertiary/aromatic N) is 1. The van der Waals surface area contributed by atoms with Crippen molar-refractivity contribution in [3.63, 3.8) is 0 Å². The fourth-order valence-corrected chi connectivity index (χ4v) is 0.562. The smallest absolute Gasteiger partial charge is 0.409 e. The molecule has 0 radical (unpaired) electrons. The number of imide groups is 1. The Bertz CT molecular complexity index is 231. The van der Waals surface area contributed by atoms with Gasteiger partial charge in [0.15, 0.2) is 0 Å². The van der Waals surface area contributed by atoms with Gasteiger partial charge in [0.2, 0.25) is 0 Å². The summed E-state index contributed by atoms with van der Waals surface area (Å²) in [6.07, 6.45) is -2.11. The molecule has 1 saturated heterocycles. The van der Waals surface area contributed by atoms with E-state index >= 15 is 0 Å². The normalized spacial score (nSPS) is 22.3. The van der Waals surface area contributed by atoms with Gasteiger partial charge in [-0.05, 0) is 0 Å². The molecule has 0 saturated carbocycles. The van der Waals surface area contributed by atoms with Gasteiger partial charge in [-0.25, -0.2) is 4.79 Å². The van der Waals surface area contributed by atoms with E-state index in [0.29, 0.717) is 0 Å². The Morgan fingerprint density at radius 2 is 2.45 bits per heavy atom. The summed E-state index contributed by atoms with van der Waals surface area (Å²) in [6, 6.07) is 1.64. The van der Waals surface area contributed by atoms with Crippen LogP contribution in [0.5, 0.6) is 0 Å². The minimum Gasteiger partial charge on any atom is -0.409 e. The summed E-state index contributed by atoms with van der Waals surface area (Å²) < 4.78 is 8.82. The first-order valence-electron chi connectivity index (χ1n) is 2.74. The lowest BCUT2D eigenvalue weighted by Gasteiger charge is -2.02.